The van der Waals surface area contributed by atoms with Crippen molar-refractivity contribution in [1.82, 2.24) is 4.57 Å². The van der Waals surface area contributed by atoms with Gasteiger partial charge in [-0.3, -0.25) is 9.59 Å². The largest absolute Gasteiger partial charge is 0.468 e. The molecule has 1 amide bonds. The molecule has 0 radical (unpaired) electrons. The molecule has 1 heterocycles. The number of ether oxygens (including phenoxy) is 1. The van der Waals surface area contributed by atoms with Gasteiger partial charge in [-0.2, -0.15) is 4.99 Å². The molecule has 3 aromatic rings. The zero-order valence-corrected chi connectivity index (χ0v) is 13.5. The van der Waals surface area contributed by atoms with Gasteiger partial charge in [-0.15, -0.1) is 0 Å². The first-order valence-corrected chi connectivity index (χ1v) is 7.90. The zero-order chi connectivity index (χ0) is 17.1. The molecule has 122 valence electrons. The molecule has 24 heavy (non-hydrogen) atoms. The summed E-state index contributed by atoms with van der Waals surface area (Å²) in [6, 6.07) is 13.1. The van der Waals surface area contributed by atoms with Crippen LogP contribution in [0.1, 0.15) is 10.4 Å². The lowest BCUT2D eigenvalue weighted by molar-refractivity contribution is -0.141. The number of rotatable bonds is 3. The number of aromatic nitrogens is 1. The highest BCUT2D eigenvalue weighted by atomic mass is 32.1. The van der Waals surface area contributed by atoms with Crippen molar-refractivity contribution in [3.05, 3.63) is 64.7 Å². The standard InChI is InChI=1S/C17H13FN2O3S/c1-23-14(21)10-20-15-12(18)8-5-9-13(15)24-17(20)19-16(22)11-6-3-2-4-7-11/h2-9H,10H2,1H3. The lowest BCUT2D eigenvalue weighted by Crippen LogP contribution is -2.22. The molecule has 3 rings (SSSR count). The SMILES string of the molecule is COC(=O)Cn1c(=NC(=O)c2ccccc2)sc2cccc(F)c21. The Morgan fingerprint density at radius 3 is 2.62 bits per heavy atom. The molecule has 7 heteroatoms. The van der Waals surface area contributed by atoms with Crippen molar-refractivity contribution in [3.8, 4) is 0 Å². The molecule has 0 fully saturated rings. The quantitative estimate of drug-likeness (QED) is 0.687. The minimum atomic E-state index is -0.549. The number of halogens is 1. The van der Waals surface area contributed by atoms with Gasteiger partial charge in [-0.05, 0) is 24.3 Å². The van der Waals surface area contributed by atoms with E-state index < -0.39 is 17.7 Å². The summed E-state index contributed by atoms with van der Waals surface area (Å²) in [5.41, 5.74) is 0.646. The second-order valence-electron chi connectivity index (χ2n) is 4.92. The number of fused-ring (bicyclic) bond motifs is 1. The van der Waals surface area contributed by atoms with Crippen LogP contribution in [0.15, 0.2) is 53.5 Å². The van der Waals surface area contributed by atoms with Gasteiger partial charge in [0.15, 0.2) is 4.80 Å². The van der Waals surface area contributed by atoms with Gasteiger partial charge >= 0.3 is 5.97 Å². The summed E-state index contributed by atoms with van der Waals surface area (Å²) in [5.74, 6) is -1.49. The molecular formula is C17H13FN2O3S. The van der Waals surface area contributed by atoms with Crippen LogP contribution < -0.4 is 4.80 Å². The molecule has 1 aromatic heterocycles. The van der Waals surface area contributed by atoms with E-state index in [0.717, 1.165) is 11.3 Å². The number of para-hydroxylation sites is 1. The number of methoxy groups -OCH3 is 1. The second kappa shape index (κ2) is 6.76. The van der Waals surface area contributed by atoms with Gasteiger partial charge in [0.2, 0.25) is 0 Å². The predicted octanol–water partition coefficient (Wildman–Crippen LogP) is 2.76. The Morgan fingerprint density at radius 2 is 1.92 bits per heavy atom. The van der Waals surface area contributed by atoms with Crippen molar-refractivity contribution in [3.63, 3.8) is 0 Å². The molecule has 0 saturated heterocycles. The molecule has 0 atom stereocenters. The van der Waals surface area contributed by atoms with E-state index in [1.165, 1.54) is 17.7 Å². The van der Waals surface area contributed by atoms with Crippen LogP contribution in [0.3, 0.4) is 0 Å². The van der Waals surface area contributed by atoms with Crippen LogP contribution in [0.25, 0.3) is 10.2 Å². The molecule has 2 aromatic carbocycles. The Bertz CT molecular complexity index is 976. The highest BCUT2D eigenvalue weighted by Gasteiger charge is 2.15. The average Bonchev–Trinajstić information content (AvgIpc) is 2.94. The van der Waals surface area contributed by atoms with Crippen LogP contribution in [0, 0.1) is 5.82 Å². The molecule has 5 nitrogen and oxygen atoms in total. The average molecular weight is 344 g/mol. The van der Waals surface area contributed by atoms with Crippen molar-refractivity contribution >= 4 is 33.4 Å². The summed E-state index contributed by atoms with van der Waals surface area (Å²) in [4.78, 5) is 28.3. The van der Waals surface area contributed by atoms with Crippen LogP contribution in [0.2, 0.25) is 0 Å². The van der Waals surface area contributed by atoms with Gasteiger partial charge in [0.1, 0.15) is 12.4 Å². The van der Waals surface area contributed by atoms with E-state index >= 15 is 0 Å². The van der Waals surface area contributed by atoms with Crippen LogP contribution >= 0.6 is 11.3 Å². The summed E-state index contributed by atoms with van der Waals surface area (Å²) >= 11 is 1.14. The van der Waals surface area contributed by atoms with Crippen LogP contribution in [0.4, 0.5) is 4.39 Å². The van der Waals surface area contributed by atoms with Gasteiger partial charge in [-0.25, -0.2) is 4.39 Å². The van der Waals surface area contributed by atoms with Crippen LogP contribution in [0.5, 0.6) is 0 Å². The third-order valence-electron chi connectivity index (χ3n) is 3.38. The smallest absolute Gasteiger partial charge is 0.325 e. The minimum Gasteiger partial charge on any atom is -0.468 e. The number of hydrogen-bond donors (Lipinski definition) is 0. The zero-order valence-electron chi connectivity index (χ0n) is 12.7. The summed E-state index contributed by atoms with van der Waals surface area (Å²) in [6.45, 7) is -0.224. The van der Waals surface area contributed by atoms with E-state index in [0.29, 0.717) is 10.3 Å². The molecule has 0 aliphatic heterocycles. The Kier molecular flexibility index (Phi) is 4.52. The second-order valence-corrected chi connectivity index (χ2v) is 5.93. The number of benzene rings is 2. The number of carbonyl (C=O) groups excluding carboxylic acids is 2. The van der Waals surface area contributed by atoms with Crippen molar-refractivity contribution in [2.75, 3.05) is 7.11 Å². The fourth-order valence-corrected chi connectivity index (χ4v) is 3.29. The number of thiazole rings is 1. The molecule has 0 N–H and O–H groups in total. The summed E-state index contributed by atoms with van der Waals surface area (Å²) < 4.78 is 20.8. The minimum absolute atomic E-state index is 0.224. The van der Waals surface area contributed by atoms with E-state index in [4.69, 9.17) is 0 Å². The predicted molar refractivity (Wildman–Crippen MR) is 88.1 cm³/mol. The van der Waals surface area contributed by atoms with Gasteiger partial charge in [0.25, 0.3) is 5.91 Å². The highest BCUT2D eigenvalue weighted by molar-refractivity contribution is 7.16. The lowest BCUT2D eigenvalue weighted by atomic mass is 10.2. The topological polar surface area (TPSA) is 60.7 Å². The number of carbonyl (C=O) groups is 2. The van der Waals surface area contributed by atoms with Crippen molar-refractivity contribution in [2.24, 2.45) is 4.99 Å². The van der Waals surface area contributed by atoms with Crippen molar-refractivity contribution in [1.29, 1.82) is 0 Å². The van der Waals surface area contributed by atoms with Crippen LogP contribution in [-0.4, -0.2) is 23.6 Å². The van der Waals surface area contributed by atoms with Crippen molar-refractivity contribution in [2.45, 2.75) is 6.54 Å². The summed E-state index contributed by atoms with van der Waals surface area (Å²) in [7, 11) is 1.25. The Labute approximate surface area is 140 Å². The van der Waals surface area contributed by atoms with Crippen LogP contribution in [-0.2, 0) is 16.1 Å². The fourth-order valence-electron chi connectivity index (χ4n) is 2.24. The highest BCUT2D eigenvalue weighted by Crippen LogP contribution is 2.20. The Balaban J connectivity index is 2.18. The van der Waals surface area contributed by atoms with Gasteiger partial charge in [0, 0.05) is 5.56 Å². The molecule has 0 bridgehead atoms. The summed E-state index contributed by atoms with van der Waals surface area (Å²) in [6.07, 6.45) is 0. The third kappa shape index (κ3) is 3.11. The Hall–Kier alpha value is -2.80. The number of hydrogen-bond acceptors (Lipinski definition) is 4. The molecule has 0 spiro atoms. The normalized spacial score (nSPS) is 11.7. The first kappa shape index (κ1) is 16.1. The molecule has 0 saturated carbocycles. The Morgan fingerprint density at radius 1 is 1.17 bits per heavy atom. The van der Waals surface area contributed by atoms with E-state index in [9.17, 15) is 14.0 Å². The summed E-state index contributed by atoms with van der Waals surface area (Å²) in [5, 5.41) is 0. The first-order chi connectivity index (χ1) is 11.6. The number of amides is 1. The molecule has 0 unspecified atom stereocenters. The van der Waals surface area contributed by atoms with E-state index in [1.54, 1.807) is 42.5 Å². The monoisotopic (exact) mass is 344 g/mol. The lowest BCUT2D eigenvalue weighted by Gasteiger charge is -2.04. The van der Waals surface area contributed by atoms with E-state index in [2.05, 4.69) is 9.73 Å². The molecular weight excluding hydrogens is 331 g/mol. The van der Waals surface area contributed by atoms with E-state index in [1.807, 2.05) is 0 Å². The first-order valence-electron chi connectivity index (χ1n) is 7.09. The number of nitrogens with zero attached hydrogens (tertiary/aromatic N) is 2. The maximum Gasteiger partial charge on any atom is 0.325 e. The molecule has 0 aliphatic rings. The maximum absolute atomic E-state index is 14.2. The fraction of sp³-hybridized carbons (Fsp3) is 0.118. The van der Waals surface area contributed by atoms with Gasteiger partial charge in [0.05, 0.1) is 17.3 Å². The maximum atomic E-state index is 14.2. The number of esters is 1. The van der Waals surface area contributed by atoms with Gasteiger partial charge < -0.3 is 9.30 Å². The van der Waals surface area contributed by atoms with Gasteiger partial charge in [-0.1, -0.05) is 35.6 Å². The van der Waals surface area contributed by atoms with Crippen molar-refractivity contribution < 1.29 is 18.7 Å². The third-order valence-corrected chi connectivity index (χ3v) is 4.43. The van der Waals surface area contributed by atoms with E-state index in [-0.39, 0.29) is 16.9 Å². The molecule has 0 aliphatic carbocycles.